The quantitative estimate of drug-likeness (QED) is 0.681. The second-order valence-electron chi connectivity index (χ2n) is 4.42. The minimum absolute atomic E-state index is 0.0733. The van der Waals surface area contributed by atoms with Crippen LogP contribution >= 0.6 is 0 Å². The number of rotatable bonds is 6. The molecular formula is C13H16F2N2O4. The van der Waals surface area contributed by atoms with Crippen molar-refractivity contribution in [1.29, 1.82) is 0 Å². The second kappa shape index (κ2) is 7.53. The van der Waals surface area contributed by atoms with Crippen LogP contribution in [-0.2, 0) is 16.0 Å². The highest BCUT2D eigenvalue weighted by Gasteiger charge is 2.25. The third-order valence-corrected chi connectivity index (χ3v) is 2.69. The van der Waals surface area contributed by atoms with E-state index < -0.39 is 35.8 Å². The van der Waals surface area contributed by atoms with Crippen LogP contribution in [-0.4, -0.2) is 35.9 Å². The van der Waals surface area contributed by atoms with Gasteiger partial charge >= 0.3 is 12.1 Å². The number of nitrogens with two attached hydrogens (primary N) is 1. The molecule has 0 fully saturated rings. The molecule has 0 spiro atoms. The molecule has 4 N–H and O–H groups in total. The molecule has 116 valence electrons. The lowest BCUT2D eigenvalue weighted by Crippen LogP contribution is -2.49. The van der Waals surface area contributed by atoms with Gasteiger partial charge in [0.25, 0.3) is 0 Å². The van der Waals surface area contributed by atoms with Crippen molar-refractivity contribution < 1.29 is 28.2 Å². The van der Waals surface area contributed by atoms with Crippen LogP contribution in [0.2, 0.25) is 0 Å². The number of hydrogen-bond donors (Lipinski definition) is 3. The minimum atomic E-state index is -1.36. The van der Waals surface area contributed by atoms with Crippen molar-refractivity contribution >= 4 is 12.1 Å². The molecule has 8 heteroatoms. The fraction of sp³-hybridized carbons (Fsp3) is 0.385. The average molecular weight is 302 g/mol. The van der Waals surface area contributed by atoms with Gasteiger partial charge in [-0.15, -0.1) is 0 Å². The van der Waals surface area contributed by atoms with E-state index in [1.54, 1.807) is 0 Å². The van der Waals surface area contributed by atoms with Crippen molar-refractivity contribution in [2.75, 3.05) is 6.54 Å². The van der Waals surface area contributed by atoms with E-state index in [1.807, 2.05) is 0 Å². The number of halogens is 2. The van der Waals surface area contributed by atoms with Crippen LogP contribution in [0.15, 0.2) is 18.2 Å². The smallest absolute Gasteiger partial charge is 0.405 e. The molecule has 0 aliphatic carbocycles. The highest BCUT2D eigenvalue weighted by molar-refractivity contribution is 5.67. The molecule has 1 aromatic rings. The van der Waals surface area contributed by atoms with Crippen LogP contribution in [0.1, 0.15) is 12.5 Å². The monoisotopic (exact) mass is 302 g/mol. The Morgan fingerprint density at radius 2 is 1.90 bits per heavy atom. The van der Waals surface area contributed by atoms with Crippen LogP contribution < -0.4 is 11.1 Å². The molecular weight excluding hydrogens is 286 g/mol. The van der Waals surface area contributed by atoms with E-state index in [0.29, 0.717) is 6.07 Å². The van der Waals surface area contributed by atoms with Gasteiger partial charge in [-0.05, 0) is 24.1 Å². The Hall–Kier alpha value is -2.22. The third-order valence-electron chi connectivity index (χ3n) is 2.69. The fourth-order valence-electron chi connectivity index (χ4n) is 1.92. The molecule has 0 unspecified atom stereocenters. The summed E-state index contributed by atoms with van der Waals surface area (Å²) < 4.78 is 31.2. The summed E-state index contributed by atoms with van der Waals surface area (Å²) in [6.45, 7) is 1.02. The Kier molecular flexibility index (Phi) is 6.04. The number of hydrogen-bond acceptors (Lipinski definition) is 4. The molecule has 6 nitrogen and oxygen atoms in total. The number of carbonyl (C=O) groups excluding carboxylic acids is 1. The maximum atomic E-state index is 13.1. The normalized spacial score (nSPS) is 13.3. The molecule has 0 aromatic heterocycles. The van der Waals surface area contributed by atoms with Crippen molar-refractivity contribution in [3.63, 3.8) is 0 Å². The zero-order valence-electron chi connectivity index (χ0n) is 11.3. The molecule has 0 saturated heterocycles. The molecule has 1 aromatic carbocycles. The van der Waals surface area contributed by atoms with Crippen LogP contribution in [0.25, 0.3) is 0 Å². The van der Waals surface area contributed by atoms with Gasteiger partial charge in [-0.2, -0.15) is 0 Å². The molecule has 0 heterocycles. The number of benzene rings is 1. The van der Waals surface area contributed by atoms with Gasteiger partial charge in [-0.1, -0.05) is 0 Å². The number of carboxylic acid groups (broad SMARTS) is 1. The van der Waals surface area contributed by atoms with Crippen LogP contribution in [0.5, 0.6) is 0 Å². The van der Waals surface area contributed by atoms with E-state index in [0.717, 1.165) is 19.1 Å². The summed E-state index contributed by atoms with van der Waals surface area (Å²) in [6, 6.07) is 1.93. The van der Waals surface area contributed by atoms with Gasteiger partial charge < -0.3 is 20.9 Å². The van der Waals surface area contributed by atoms with E-state index in [1.165, 1.54) is 0 Å². The Morgan fingerprint density at radius 3 is 2.33 bits per heavy atom. The molecule has 21 heavy (non-hydrogen) atoms. The molecule has 0 bridgehead atoms. The van der Waals surface area contributed by atoms with E-state index in [4.69, 9.17) is 15.6 Å². The van der Waals surface area contributed by atoms with Crippen molar-refractivity contribution in [2.24, 2.45) is 5.73 Å². The van der Waals surface area contributed by atoms with Gasteiger partial charge in [0, 0.05) is 19.5 Å². The molecule has 0 aliphatic heterocycles. The predicted molar refractivity (Wildman–Crippen MR) is 69.6 cm³/mol. The first-order valence-electron chi connectivity index (χ1n) is 6.13. The lowest BCUT2D eigenvalue weighted by molar-refractivity contribution is -0.147. The van der Waals surface area contributed by atoms with Crippen molar-refractivity contribution in [3.05, 3.63) is 35.4 Å². The van der Waals surface area contributed by atoms with E-state index >= 15 is 0 Å². The Bertz CT molecular complexity index is 505. The standard InChI is InChI=1S/C13H16F2N2O4/c1-7(18)21-12(6-16)11(17-13(19)20)4-8-2-9(14)5-10(15)3-8/h2-3,5,11-12,17H,4,6,16H2,1H3,(H,19,20)/t11-,12-/m0/s1. The SMILES string of the molecule is CC(=O)O[C@@H](CN)[C@H](Cc1cc(F)cc(F)c1)NC(=O)O. The van der Waals surface area contributed by atoms with E-state index in [2.05, 4.69) is 5.32 Å². The van der Waals surface area contributed by atoms with Crippen molar-refractivity contribution in [3.8, 4) is 0 Å². The number of esters is 1. The molecule has 0 aliphatic rings. The Labute approximate surface area is 119 Å². The minimum Gasteiger partial charge on any atom is -0.465 e. The van der Waals surface area contributed by atoms with Gasteiger partial charge in [0.15, 0.2) is 0 Å². The lowest BCUT2D eigenvalue weighted by atomic mass is 10.0. The van der Waals surface area contributed by atoms with Gasteiger partial charge in [-0.25, -0.2) is 13.6 Å². The van der Waals surface area contributed by atoms with Crippen LogP contribution in [0.4, 0.5) is 13.6 Å². The number of carbonyl (C=O) groups is 2. The molecule has 0 radical (unpaired) electrons. The zero-order chi connectivity index (χ0) is 16.0. The third kappa shape index (κ3) is 5.74. The summed E-state index contributed by atoms with van der Waals surface area (Å²) in [6.07, 6.45) is -2.37. The van der Waals surface area contributed by atoms with Crippen LogP contribution in [0.3, 0.4) is 0 Å². The highest BCUT2D eigenvalue weighted by Crippen LogP contribution is 2.13. The van der Waals surface area contributed by atoms with Gasteiger partial charge in [0.1, 0.15) is 17.7 Å². The predicted octanol–water partition coefficient (Wildman–Crippen LogP) is 1.03. The summed E-state index contributed by atoms with van der Waals surface area (Å²) in [5.41, 5.74) is 5.67. The Balaban J connectivity index is 2.95. The first-order valence-corrected chi connectivity index (χ1v) is 6.13. The molecule has 1 rings (SSSR count). The maximum absolute atomic E-state index is 13.1. The fourth-order valence-corrected chi connectivity index (χ4v) is 1.92. The largest absolute Gasteiger partial charge is 0.465 e. The highest BCUT2D eigenvalue weighted by atomic mass is 19.1. The van der Waals surface area contributed by atoms with Crippen LogP contribution in [0, 0.1) is 11.6 Å². The Morgan fingerprint density at radius 1 is 1.33 bits per heavy atom. The summed E-state index contributed by atoms with van der Waals surface area (Å²) in [5.74, 6) is -2.19. The first-order chi connectivity index (χ1) is 9.81. The summed E-state index contributed by atoms with van der Waals surface area (Å²) in [4.78, 5) is 21.8. The zero-order valence-corrected chi connectivity index (χ0v) is 11.3. The number of amides is 1. The van der Waals surface area contributed by atoms with Gasteiger partial charge in [0.05, 0.1) is 6.04 Å². The molecule has 2 atom stereocenters. The van der Waals surface area contributed by atoms with Crippen molar-refractivity contribution in [2.45, 2.75) is 25.5 Å². The number of nitrogens with one attached hydrogen (secondary N) is 1. The summed E-state index contributed by atoms with van der Waals surface area (Å²) >= 11 is 0. The first kappa shape index (κ1) is 16.8. The lowest BCUT2D eigenvalue weighted by Gasteiger charge is -2.25. The maximum Gasteiger partial charge on any atom is 0.405 e. The van der Waals surface area contributed by atoms with Crippen molar-refractivity contribution in [1.82, 2.24) is 5.32 Å². The van der Waals surface area contributed by atoms with Gasteiger partial charge in [-0.3, -0.25) is 4.79 Å². The number of ether oxygens (including phenoxy) is 1. The topological polar surface area (TPSA) is 102 Å². The second-order valence-corrected chi connectivity index (χ2v) is 4.42. The molecule has 0 saturated carbocycles. The molecule has 1 amide bonds. The summed E-state index contributed by atoms with van der Waals surface area (Å²) in [7, 11) is 0. The van der Waals surface area contributed by atoms with E-state index in [-0.39, 0.29) is 18.5 Å². The van der Waals surface area contributed by atoms with E-state index in [9.17, 15) is 18.4 Å². The van der Waals surface area contributed by atoms with Gasteiger partial charge in [0.2, 0.25) is 0 Å². The summed E-state index contributed by atoms with van der Waals surface area (Å²) in [5, 5.41) is 10.9. The average Bonchev–Trinajstić information content (AvgIpc) is 2.33.